The molecule has 0 amide bonds. The van der Waals surface area contributed by atoms with Gasteiger partial charge < -0.3 is 4.90 Å². The van der Waals surface area contributed by atoms with Crippen molar-refractivity contribution in [2.45, 2.75) is 18.7 Å². The van der Waals surface area contributed by atoms with Crippen LogP contribution in [0.4, 0.5) is 0 Å². The van der Waals surface area contributed by atoms with Gasteiger partial charge in [0.1, 0.15) is 0 Å². The maximum Gasteiger partial charge on any atom is 0.243 e. The van der Waals surface area contributed by atoms with Crippen LogP contribution in [0.25, 0.3) is 0 Å². The van der Waals surface area contributed by atoms with Gasteiger partial charge in [-0.1, -0.05) is 13.8 Å². The molecule has 0 bridgehead atoms. The van der Waals surface area contributed by atoms with Crippen LogP contribution < -0.4 is 0 Å². The van der Waals surface area contributed by atoms with Gasteiger partial charge in [0, 0.05) is 32.7 Å². The van der Waals surface area contributed by atoms with Crippen LogP contribution in [0.2, 0.25) is 0 Å². The molecule has 1 aliphatic heterocycles. The van der Waals surface area contributed by atoms with E-state index in [0.29, 0.717) is 24.6 Å². The van der Waals surface area contributed by atoms with Crippen molar-refractivity contribution in [3.63, 3.8) is 0 Å². The van der Waals surface area contributed by atoms with Crippen LogP contribution in [-0.4, -0.2) is 50.3 Å². The minimum absolute atomic E-state index is 0.263. The first-order chi connectivity index (χ1) is 9.93. The zero-order valence-corrected chi connectivity index (χ0v) is 13.3. The van der Waals surface area contributed by atoms with Crippen LogP contribution in [0.3, 0.4) is 0 Å². The number of nitriles is 1. The van der Waals surface area contributed by atoms with Crippen LogP contribution in [0, 0.1) is 17.2 Å². The normalized spacial score (nSPS) is 17.8. The molecule has 1 saturated heterocycles. The molecule has 1 fully saturated rings. The van der Waals surface area contributed by atoms with Gasteiger partial charge >= 0.3 is 0 Å². The average molecular weight is 307 g/mol. The largest absolute Gasteiger partial charge is 0.300 e. The highest BCUT2D eigenvalue weighted by molar-refractivity contribution is 7.89. The van der Waals surface area contributed by atoms with Crippen molar-refractivity contribution >= 4 is 10.0 Å². The molecule has 21 heavy (non-hydrogen) atoms. The van der Waals surface area contributed by atoms with E-state index in [0.717, 1.165) is 19.6 Å². The van der Waals surface area contributed by atoms with Gasteiger partial charge in [0.2, 0.25) is 10.0 Å². The number of rotatable bonds is 4. The fourth-order valence-corrected chi connectivity index (χ4v) is 3.94. The van der Waals surface area contributed by atoms with Gasteiger partial charge in [-0.15, -0.1) is 0 Å². The highest BCUT2D eigenvalue weighted by atomic mass is 32.2. The van der Waals surface area contributed by atoms with Crippen molar-refractivity contribution < 1.29 is 8.42 Å². The van der Waals surface area contributed by atoms with Crippen molar-refractivity contribution in [2.75, 3.05) is 32.7 Å². The highest BCUT2D eigenvalue weighted by Crippen LogP contribution is 2.18. The lowest BCUT2D eigenvalue weighted by Crippen LogP contribution is -2.49. The summed E-state index contributed by atoms with van der Waals surface area (Å²) < 4.78 is 26.6. The van der Waals surface area contributed by atoms with Crippen molar-refractivity contribution in [1.29, 1.82) is 5.26 Å². The summed E-state index contributed by atoms with van der Waals surface area (Å²) in [5.41, 5.74) is 0.468. The standard InChI is InChI=1S/C15H21N3O2S/c1-13(2)12-17-7-9-18(10-8-17)21(19,20)15-5-3-14(11-16)4-6-15/h3-6,13H,7-10,12H2,1-2H3. The Morgan fingerprint density at radius 1 is 1.14 bits per heavy atom. The van der Waals surface area contributed by atoms with Crippen LogP contribution in [0.5, 0.6) is 0 Å². The Morgan fingerprint density at radius 2 is 1.71 bits per heavy atom. The lowest BCUT2D eigenvalue weighted by atomic mass is 10.2. The second-order valence-electron chi connectivity index (χ2n) is 5.73. The number of sulfonamides is 1. The van der Waals surface area contributed by atoms with Crippen molar-refractivity contribution in [2.24, 2.45) is 5.92 Å². The van der Waals surface area contributed by atoms with Crippen molar-refractivity contribution in [3.05, 3.63) is 29.8 Å². The van der Waals surface area contributed by atoms with E-state index < -0.39 is 10.0 Å². The quantitative estimate of drug-likeness (QED) is 0.846. The Labute approximate surface area is 126 Å². The smallest absolute Gasteiger partial charge is 0.243 e. The van der Waals surface area contributed by atoms with Gasteiger partial charge in [-0.2, -0.15) is 9.57 Å². The lowest BCUT2D eigenvalue weighted by molar-refractivity contribution is 0.172. The zero-order chi connectivity index (χ0) is 15.5. The Bertz CT molecular complexity index is 609. The average Bonchev–Trinajstić information content (AvgIpc) is 2.47. The molecular weight excluding hydrogens is 286 g/mol. The summed E-state index contributed by atoms with van der Waals surface area (Å²) in [6.07, 6.45) is 0. The zero-order valence-electron chi connectivity index (χ0n) is 12.5. The molecule has 6 heteroatoms. The predicted molar refractivity (Wildman–Crippen MR) is 81.2 cm³/mol. The Kier molecular flexibility index (Phi) is 4.99. The number of piperazine rings is 1. The second-order valence-corrected chi connectivity index (χ2v) is 7.67. The van der Waals surface area contributed by atoms with Crippen molar-refractivity contribution in [3.8, 4) is 6.07 Å². The van der Waals surface area contributed by atoms with Gasteiger partial charge in [-0.05, 0) is 30.2 Å². The Morgan fingerprint density at radius 3 is 2.19 bits per heavy atom. The molecule has 1 aliphatic rings. The Hall–Kier alpha value is -1.42. The first-order valence-corrected chi connectivity index (χ1v) is 8.60. The van der Waals surface area contributed by atoms with Gasteiger partial charge in [0.25, 0.3) is 0 Å². The van der Waals surface area contributed by atoms with Gasteiger partial charge in [0.15, 0.2) is 0 Å². The summed E-state index contributed by atoms with van der Waals surface area (Å²) in [6, 6.07) is 8.10. The molecule has 1 heterocycles. The van der Waals surface area contributed by atoms with E-state index in [-0.39, 0.29) is 4.90 Å². The van der Waals surface area contributed by atoms with Crippen LogP contribution in [0.15, 0.2) is 29.2 Å². The molecule has 114 valence electrons. The first kappa shape index (κ1) is 16.0. The third-order valence-electron chi connectivity index (χ3n) is 3.58. The molecule has 1 aromatic carbocycles. The molecule has 1 aromatic rings. The van der Waals surface area contributed by atoms with E-state index in [1.807, 2.05) is 6.07 Å². The third kappa shape index (κ3) is 3.82. The number of hydrogen-bond donors (Lipinski definition) is 0. The predicted octanol–water partition coefficient (Wildman–Crippen LogP) is 1.52. The fourth-order valence-electron chi connectivity index (χ4n) is 2.52. The maximum absolute atomic E-state index is 12.5. The summed E-state index contributed by atoms with van der Waals surface area (Å²) >= 11 is 0. The SMILES string of the molecule is CC(C)CN1CCN(S(=O)(=O)c2ccc(C#N)cc2)CC1. The maximum atomic E-state index is 12.5. The van der Waals surface area contributed by atoms with Gasteiger partial charge in [0.05, 0.1) is 16.5 Å². The van der Waals surface area contributed by atoms with E-state index in [9.17, 15) is 8.42 Å². The molecule has 0 unspecified atom stereocenters. The molecule has 0 N–H and O–H groups in total. The molecule has 0 aromatic heterocycles. The highest BCUT2D eigenvalue weighted by Gasteiger charge is 2.28. The van der Waals surface area contributed by atoms with Crippen LogP contribution in [-0.2, 0) is 10.0 Å². The van der Waals surface area contributed by atoms with Crippen LogP contribution in [0.1, 0.15) is 19.4 Å². The molecule has 0 aliphatic carbocycles. The number of nitrogens with zero attached hydrogens (tertiary/aromatic N) is 3. The molecule has 5 nitrogen and oxygen atoms in total. The number of benzene rings is 1. The molecule has 0 radical (unpaired) electrons. The van der Waals surface area contributed by atoms with E-state index in [4.69, 9.17) is 5.26 Å². The molecule has 0 spiro atoms. The molecule has 2 rings (SSSR count). The Balaban J connectivity index is 2.06. The minimum atomic E-state index is -3.44. The minimum Gasteiger partial charge on any atom is -0.300 e. The summed E-state index contributed by atoms with van der Waals surface area (Å²) in [5.74, 6) is 0.590. The van der Waals surface area contributed by atoms with Gasteiger partial charge in [-0.25, -0.2) is 8.42 Å². The molecule has 0 atom stereocenters. The van der Waals surface area contributed by atoms with E-state index in [1.54, 1.807) is 12.1 Å². The summed E-state index contributed by atoms with van der Waals surface area (Å²) in [4.78, 5) is 2.56. The van der Waals surface area contributed by atoms with E-state index >= 15 is 0 Å². The second kappa shape index (κ2) is 6.56. The van der Waals surface area contributed by atoms with Crippen LogP contribution >= 0.6 is 0 Å². The summed E-state index contributed by atoms with van der Waals surface area (Å²) in [7, 11) is -3.44. The fraction of sp³-hybridized carbons (Fsp3) is 0.533. The topological polar surface area (TPSA) is 64.4 Å². The van der Waals surface area contributed by atoms with E-state index in [1.165, 1.54) is 16.4 Å². The molecular formula is C15H21N3O2S. The number of hydrogen-bond acceptors (Lipinski definition) is 4. The lowest BCUT2D eigenvalue weighted by Gasteiger charge is -2.34. The summed E-state index contributed by atoms with van der Waals surface area (Å²) in [5, 5.41) is 8.77. The van der Waals surface area contributed by atoms with Gasteiger partial charge in [-0.3, -0.25) is 0 Å². The third-order valence-corrected chi connectivity index (χ3v) is 5.49. The summed E-state index contributed by atoms with van der Waals surface area (Å²) in [6.45, 7) is 7.93. The molecule has 0 saturated carbocycles. The van der Waals surface area contributed by atoms with Crippen molar-refractivity contribution in [1.82, 2.24) is 9.21 Å². The first-order valence-electron chi connectivity index (χ1n) is 7.16. The monoisotopic (exact) mass is 307 g/mol. The van der Waals surface area contributed by atoms with E-state index in [2.05, 4.69) is 18.7 Å².